The molecule has 1 aliphatic heterocycles. The van der Waals surface area contributed by atoms with Gasteiger partial charge in [-0.2, -0.15) is 5.26 Å². The third-order valence-electron chi connectivity index (χ3n) is 2.77. The third kappa shape index (κ3) is 2.31. The van der Waals surface area contributed by atoms with Gasteiger partial charge in [0.05, 0.1) is 11.6 Å². The first-order valence-electron chi connectivity index (χ1n) is 5.47. The van der Waals surface area contributed by atoms with E-state index in [1.807, 2.05) is 6.07 Å². The van der Waals surface area contributed by atoms with Crippen LogP contribution in [0.15, 0.2) is 18.3 Å². The molecule has 0 radical (unpaired) electrons. The number of hydrogen-bond donors (Lipinski definition) is 1. The van der Waals surface area contributed by atoms with Crippen LogP contribution >= 0.6 is 0 Å². The van der Waals surface area contributed by atoms with Gasteiger partial charge in [-0.25, -0.2) is 4.98 Å². The predicted octanol–water partition coefficient (Wildman–Crippen LogP) is 1.14. The molecule has 84 valence electrons. The maximum absolute atomic E-state index is 8.85. The van der Waals surface area contributed by atoms with Crippen molar-refractivity contribution in [1.29, 1.82) is 5.26 Å². The van der Waals surface area contributed by atoms with Gasteiger partial charge >= 0.3 is 0 Å². The number of piperazine rings is 1. The summed E-state index contributed by atoms with van der Waals surface area (Å²) in [5, 5.41) is 12.3. The van der Waals surface area contributed by atoms with Crippen molar-refractivity contribution < 1.29 is 0 Å². The maximum Gasteiger partial charge on any atom is 0.129 e. The second kappa shape index (κ2) is 4.11. The van der Waals surface area contributed by atoms with Crippen LogP contribution in [0.2, 0.25) is 0 Å². The Morgan fingerprint density at radius 3 is 3.06 bits per heavy atom. The summed E-state index contributed by atoms with van der Waals surface area (Å²) in [6.45, 7) is 7.15. The molecule has 2 rings (SSSR count). The minimum absolute atomic E-state index is 0.0998. The van der Waals surface area contributed by atoms with Gasteiger partial charge in [-0.15, -0.1) is 0 Å². The molecular weight excluding hydrogens is 200 g/mol. The summed E-state index contributed by atoms with van der Waals surface area (Å²) in [5.41, 5.74) is 0.768. The molecule has 1 saturated heterocycles. The molecule has 0 spiro atoms. The third-order valence-corrected chi connectivity index (χ3v) is 2.77. The second-order valence-electron chi connectivity index (χ2n) is 4.75. The lowest BCUT2D eigenvalue weighted by atomic mass is 10.0. The van der Waals surface area contributed by atoms with E-state index in [0.717, 1.165) is 25.5 Å². The average molecular weight is 216 g/mol. The summed E-state index contributed by atoms with van der Waals surface area (Å²) in [4.78, 5) is 6.54. The van der Waals surface area contributed by atoms with Crippen molar-refractivity contribution in [1.82, 2.24) is 10.3 Å². The quantitative estimate of drug-likeness (QED) is 0.765. The van der Waals surface area contributed by atoms with Crippen molar-refractivity contribution in [3.63, 3.8) is 0 Å². The van der Waals surface area contributed by atoms with E-state index in [1.54, 1.807) is 12.3 Å². The minimum Gasteiger partial charge on any atom is -0.353 e. The lowest BCUT2D eigenvalue weighted by Crippen LogP contribution is -2.57. The zero-order valence-corrected chi connectivity index (χ0v) is 9.70. The van der Waals surface area contributed by atoms with E-state index in [9.17, 15) is 0 Å². The summed E-state index contributed by atoms with van der Waals surface area (Å²) in [6, 6.07) is 5.73. The van der Waals surface area contributed by atoms with Gasteiger partial charge in [0.2, 0.25) is 0 Å². The molecule has 0 bridgehead atoms. The van der Waals surface area contributed by atoms with Crippen LogP contribution in [0.5, 0.6) is 0 Å². The van der Waals surface area contributed by atoms with Crippen molar-refractivity contribution in [2.75, 3.05) is 24.5 Å². The van der Waals surface area contributed by atoms with Crippen LogP contribution in [-0.4, -0.2) is 30.2 Å². The predicted molar refractivity (Wildman–Crippen MR) is 63.2 cm³/mol. The molecule has 16 heavy (non-hydrogen) atoms. The smallest absolute Gasteiger partial charge is 0.129 e. The van der Waals surface area contributed by atoms with Gasteiger partial charge in [-0.05, 0) is 26.0 Å². The molecule has 0 amide bonds. The van der Waals surface area contributed by atoms with Crippen LogP contribution in [0.25, 0.3) is 0 Å². The Morgan fingerprint density at radius 2 is 2.38 bits per heavy atom. The fourth-order valence-corrected chi connectivity index (χ4v) is 2.00. The number of rotatable bonds is 1. The van der Waals surface area contributed by atoms with E-state index in [-0.39, 0.29) is 5.54 Å². The summed E-state index contributed by atoms with van der Waals surface area (Å²) in [7, 11) is 0. The van der Waals surface area contributed by atoms with Crippen molar-refractivity contribution in [2.45, 2.75) is 19.4 Å². The zero-order chi connectivity index (χ0) is 11.6. The molecular formula is C12H16N4. The second-order valence-corrected chi connectivity index (χ2v) is 4.75. The Kier molecular flexibility index (Phi) is 2.80. The molecule has 1 N–H and O–H groups in total. The molecule has 2 heterocycles. The van der Waals surface area contributed by atoms with Gasteiger partial charge in [0, 0.05) is 31.4 Å². The Bertz CT molecular complexity index is 419. The van der Waals surface area contributed by atoms with E-state index in [4.69, 9.17) is 5.26 Å². The molecule has 1 aromatic heterocycles. The molecule has 0 aromatic carbocycles. The number of nitrogens with zero attached hydrogens (tertiary/aromatic N) is 3. The van der Waals surface area contributed by atoms with Crippen LogP contribution in [0.4, 0.5) is 5.82 Å². The number of pyridine rings is 1. The fourth-order valence-electron chi connectivity index (χ4n) is 2.00. The van der Waals surface area contributed by atoms with E-state index >= 15 is 0 Å². The standard InChI is InChI=1S/C12H16N4/c1-12(2)9-16(6-5-15-12)11-7-10(8-13)3-4-14-11/h3-4,7,15H,5-6,9H2,1-2H3. The van der Waals surface area contributed by atoms with E-state index in [0.29, 0.717) is 5.56 Å². The number of nitriles is 1. The SMILES string of the molecule is CC1(C)CN(c2cc(C#N)ccn2)CCN1. The largest absolute Gasteiger partial charge is 0.353 e. The molecule has 0 aliphatic carbocycles. The maximum atomic E-state index is 8.85. The highest BCUT2D eigenvalue weighted by Crippen LogP contribution is 2.18. The Labute approximate surface area is 95.9 Å². The summed E-state index contributed by atoms with van der Waals surface area (Å²) in [6.07, 6.45) is 1.70. The summed E-state index contributed by atoms with van der Waals surface area (Å²) < 4.78 is 0. The summed E-state index contributed by atoms with van der Waals surface area (Å²) in [5.74, 6) is 0.897. The molecule has 0 unspecified atom stereocenters. The van der Waals surface area contributed by atoms with Crippen molar-refractivity contribution in [3.8, 4) is 6.07 Å². The van der Waals surface area contributed by atoms with Gasteiger partial charge in [-0.3, -0.25) is 0 Å². The van der Waals surface area contributed by atoms with Crippen LogP contribution in [0.1, 0.15) is 19.4 Å². The molecule has 0 atom stereocenters. The van der Waals surface area contributed by atoms with E-state index in [2.05, 4.69) is 35.1 Å². The number of hydrogen-bond acceptors (Lipinski definition) is 4. The highest BCUT2D eigenvalue weighted by atomic mass is 15.3. The highest BCUT2D eigenvalue weighted by molar-refractivity contribution is 5.45. The van der Waals surface area contributed by atoms with Crippen LogP contribution < -0.4 is 10.2 Å². The molecule has 1 fully saturated rings. The molecule has 1 aliphatic rings. The number of aromatic nitrogens is 1. The Hall–Kier alpha value is -1.60. The number of nitrogens with one attached hydrogen (secondary N) is 1. The Balaban J connectivity index is 2.21. The van der Waals surface area contributed by atoms with Gasteiger partial charge in [0.15, 0.2) is 0 Å². The van der Waals surface area contributed by atoms with Gasteiger partial charge < -0.3 is 10.2 Å². The first kappa shape index (κ1) is 10.9. The summed E-state index contributed by atoms with van der Waals surface area (Å²) >= 11 is 0. The molecule has 1 aromatic rings. The lowest BCUT2D eigenvalue weighted by molar-refractivity contribution is 0.352. The topological polar surface area (TPSA) is 52.0 Å². The van der Waals surface area contributed by atoms with Gasteiger partial charge in [0.25, 0.3) is 0 Å². The Morgan fingerprint density at radius 1 is 1.56 bits per heavy atom. The van der Waals surface area contributed by atoms with E-state index in [1.165, 1.54) is 0 Å². The van der Waals surface area contributed by atoms with Crippen molar-refractivity contribution in [2.24, 2.45) is 0 Å². The van der Waals surface area contributed by atoms with Crippen molar-refractivity contribution in [3.05, 3.63) is 23.9 Å². The lowest BCUT2D eigenvalue weighted by Gasteiger charge is -2.39. The minimum atomic E-state index is 0.0998. The van der Waals surface area contributed by atoms with Crippen molar-refractivity contribution >= 4 is 5.82 Å². The zero-order valence-electron chi connectivity index (χ0n) is 9.70. The number of anilines is 1. The van der Waals surface area contributed by atoms with Gasteiger partial charge in [0.1, 0.15) is 5.82 Å². The first-order valence-corrected chi connectivity index (χ1v) is 5.47. The average Bonchev–Trinajstić information content (AvgIpc) is 2.28. The van der Waals surface area contributed by atoms with E-state index < -0.39 is 0 Å². The normalized spacial score (nSPS) is 19.2. The molecule has 4 nitrogen and oxygen atoms in total. The highest BCUT2D eigenvalue weighted by Gasteiger charge is 2.26. The fraction of sp³-hybridized carbons (Fsp3) is 0.500. The first-order chi connectivity index (χ1) is 7.61. The van der Waals surface area contributed by atoms with Gasteiger partial charge in [-0.1, -0.05) is 0 Å². The van der Waals surface area contributed by atoms with Crippen LogP contribution in [-0.2, 0) is 0 Å². The monoisotopic (exact) mass is 216 g/mol. The van der Waals surface area contributed by atoms with Crippen LogP contribution in [0.3, 0.4) is 0 Å². The molecule has 4 heteroatoms. The van der Waals surface area contributed by atoms with Crippen LogP contribution in [0, 0.1) is 11.3 Å². The molecule has 0 saturated carbocycles.